The van der Waals surface area contributed by atoms with Gasteiger partial charge in [0.25, 0.3) is 0 Å². The zero-order valence-corrected chi connectivity index (χ0v) is 13.3. The summed E-state index contributed by atoms with van der Waals surface area (Å²) in [5.41, 5.74) is 1.51. The number of benzene rings is 2. The maximum absolute atomic E-state index is 11.9. The van der Waals surface area contributed by atoms with Crippen molar-refractivity contribution in [3.05, 3.63) is 60.4 Å². The molecule has 22 heavy (non-hydrogen) atoms. The zero-order chi connectivity index (χ0) is 15.7. The van der Waals surface area contributed by atoms with Gasteiger partial charge in [0.05, 0.1) is 17.1 Å². The molecule has 0 saturated heterocycles. The van der Waals surface area contributed by atoms with Crippen LogP contribution in [0.3, 0.4) is 0 Å². The van der Waals surface area contributed by atoms with Crippen LogP contribution in [-0.4, -0.2) is 21.7 Å². The molecule has 3 rings (SSSR count). The standard InChI is InChI=1S/C17H17NO3S/c1-18(15-8-4-6-10-17(15)22(2,19)20)12-14-11-13-7-3-5-9-16(13)21-14/h3-11H,12H2,1-2H3. The summed E-state index contributed by atoms with van der Waals surface area (Å²) in [4.78, 5) is 2.21. The van der Waals surface area contributed by atoms with Crippen molar-refractivity contribution in [3.8, 4) is 0 Å². The smallest absolute Gasteiger partial charge is 0.177 e. The van der Waals surface area contributed by atoms with Crippen LogP contribution in [0.15, 0.2) is 63.9 Å². The van der Waals surface area contributed by atoms with E-state index >= 15 is 0 Å². The number of hydrogen-bond acceptors (Lipinski definition) is 4. The van der Waals surface area contributed by atoms with E-state index < -0.39 is 9.84 Å². The SMILES string of the molecule is CN(Cc1cc2ccccc2o1)c1ccccc1S(C)(=O)=O. The summed E-state index contributed by atoms with van der Waals surface area (Å²) < 4.78 is 29.6. The van der Waals surface area contributed by atoms with Gasteiger partial charge in [-0.15, -0.1) is 0 Å². The van der Waals surface area contributed by atoms with E-state index in [2.05, 4.69) is 0 Å². The third-order valence-corrected chi connectivity index (χ3v) is 4.69. The number of furan rings is 1. The van der Waals surface area contributed by atoms with Crippen LogP contribution in [0.2, 0.25) is 0 Å². The molecule has 114 valence electrons. The van der Waals surface area contributed by atoms with Gasteiger partial charge in [0.1, 0.15) is 11.3 Å². The lowest BCUT2D eigenvalue weighted by Gasteiger charge is -2.20. The van der Waals surface area contributed by atoms with Gasteiger partial charge in [0.2, 0.25) is 0 Å². The third kappa shape index (κ3) is 2.85. The Hall–Kier alpha value is -2.27. The summed E-state index contributed by atoms with van der Waals surface area (Å²) in [6.07, 6.45) is 1.22. The first-order valence-electron chi connectivity index (χ1n) is 6.93. The van der Waals surface area contributed by atoms with Crippen LogP contribution in [0.4, 0.5) is 5.69 Å². The van der Waals surface area contributed by atoms with Crippen LogP contribution in [0.25, 0.3) is 11.0 Å². The van der Waals surface area contributed by atoms with Gasteiger partial charge in [-0.05, 0) is 24.3 Å². The van der Waals surface area contributed by atoms with Gasteiger partial charge in [-0.3, -0.25) is 0 Å². The van der Waals surface area contributed by atoms with Crippen molar-refractivity contribution in [2.45, 2.75) is 11.4 Å². The number of nitrogens with zero attached hydrogens (tertiary/aromatic N) is 1. The number of anilines is 1. The van der Waals surface area contributed by atoms with Gasteiger partial charge >= 0.3 is 0 Å². The molecule has 2 aromatic carbocycles. The van der Waals surface area contributed by atoms with Gasteiger partial charge in [0.15, 0.2) is 9.84 Å². The van der Waals surface area contributed by atoms with Gasteiger partial charge in [0, 0.05) is 18.7 Å². The highest BCUT2D eigenvalue weighted by Crippen LogP contribution is 2.26. The van der Waals surface area contributed by atoms with Crippen molar-refractivity contribution in [1.29, 1.82) is 0 Å². The minimum absolute atomic E-state index is 0.327. The lowest BCUT2D eigenvalue weighted by atomic mass is 10.2. The third-order valence-electron chi connectivity index (χ3n) is 3.55. The Morgan fingerprint density at radius 3 is 2.45 bits per heavy atom. The Morgan fingerprint density at radius 2 is 1.73 bits per heavy atom. The highest BCUT2D eigenvalue weighted by atomic mass is 32.2. The Bertz CT molecular complexity index is 879. The monoisotopic (exact) mass is 315 g/mol. The van der Waals surface area contributed by atoms with Gasteiger partial charge in [-0.2, -0.15) is 0 Å². The van der Waals surface area contributed by atoms with E-state index in [0.717, 1.165) is 16.7 Å². The molecular formula is C17H17NO3S. The van der Waals surface area contributed by atoms with Crippen molar-refractivity contribution in [3.63, 3.8) is 0 Å². The molecule has 1 heterocycles. The van der Waals surface area contributed by atoms with Crippen molar-refractivity contribution in [2.24, 2.45) is 0 Å². The summed E-state index contributed by atoms with van der Waals surface area (Å²) in [6.45, 7) is 0.501. The molecule has 0 aliphatic rings. The fourth-order valence-electron chi connectivity index (χ4n) is 2.52. The highest BCUT2D eigenvalue weighted by Gasteiger charge is 2.16. The molecule has 0 amide bonds. The maximum Gasteiger partial charge on any atom is 0.177 e. The molecule has 0 spiro atoms. The Labute approximate surface area is 129 Å². The van der Waals surface area contributed by atoms with Crippen molar-refractivity contribution >= 4 is 26.5 Å². The minimum Gasteiger partial charge on any atom is -0.459 e. The van der Waals surface area contributed by atoms with E-state index in [1.165, 1.54) is 6.26 Å². The lowest BCUT2D eigenvalue weighted by molar-refractivity contribution is 0.545. The molecule has 4 nitrogen and oxygen atoms in total. The summed E-state index contributed by atoms with van der Waals surface area (Å²) in [5.74, 6) is 0.798. The number of hydrogen-bond donors (Lipinski definition) is 0. The molecule has 0 radical (unpaired) electrons. The van der Waals surface area contributed by atoms with Crippen molar-refractivity contribution in [1.82, 2.24) is 0 Å². The largest absolute Gasteiger partial charge is 0.459 e. The molecule has 0 bridgehead atoms. The van der Waals surface area contributed by atoms with E-state index in [1.807, 2.05) is 48.3 Å². The van der Waals surface area contributed by atoms with Gasteiger partial charge in [-0.25, -0.2) is 8.42 Å². The zero-order valence-electron chi connectivity index (χ0n) is 12.5. The highest BCUT2D eigenvalue weighted by molar-refractivity contribution is 7.90. The van der Waals surface area contributed by atoms with Crippen LogP contribution in [-0.2, 0) is 16.4 Å². The average Bonchev–Trinajstić information content (AvgIpc) is 2.88. The molecular weight excluding hydrogens is 298 g/mol. The number of para-hydroxylation sites is 2. The van der Waals surface area contributed by atoms with Crippen molar-refractivity contribution in [2.75, 3.05) is 18.2 Å². The summed E-state index contributed by atoms with van der Waals surface area (Å²) >= 11 is 0. The predicted octanol–water partition coefficient (Wildman–Crippen LogP) is 3.47. The van der Waals surface area contributed by atoms with E-state index in [-0.39, 0.29) is 0 Å². The second-order valence-corrected chi connectivity index (χ2v) is 7.33. The summed E-state index contributed by atoms with van der Waals surface area (Å²) in [6, 6.07) is 16.8. The van der Waals surface area contributed by atoms with Gasteiger partial charge < -0.3 is 9.32 Å². The first kappa shape index (κ1) is 14.7. The first-order chi connectivity index (χ1) is 10.4. The van der Waals surface area contributed by atoms with Gasteiger partial charge in [-0.1, -0.05) is 30.3 Å². The molecule has 0 aliphatic carbocycles. The van der Waals surface area contributed by atoms with Crippen LogP contribution >= 0.6 is 0 Å². The fraction of sp³-hybridized carbons (Fsp3) is 0.176. The molecule has 0 unspecified atom stereocenters. The molecule has 1 aromatic heterocycles. The molecule has 3 aromatic rings. The van der Waals surface area contributed by atoms with E-state index in [0.29, 0.717) is 17.1 Å². The Balaban J connectivity index is 1.93. The van der Waals surface area contributed by atoms with Crippen LogP contribution in [0.5, 0.6) is 0 Å². The number of rotatable bonds is 4. The van der Waals surface area contributed by atoms with E-state index in [9.17, 15) is 8.42 Å². The van der Waals surface area contributed by atoms with Crippen LogP contribution in [0.1, 0.15) is 5.76 Å². The minimum atomic E-state index is -3.27. The van der Waals surface area contributed by atoms with Crippen molar-refractivity contribution < 1.29 is 12.8 Å². The number of sulfone groups is 1. The first-order valence-corrected chi connectivity index (χ1v) is 8.82. The maximum atomic E-state index is 11.9. The summed E-state index contributed by atoms with van der Waals surface area (Å²) in [7, 11) is -1.41. The average molecular weight is 315 g/mol. The van der Waals surface area contributed by atoms with Crippen LogP contribution < -0.4 is 4.90 Å². The second kappa shape index (κ2) is 5.50. The normalized spacial score (nSPS) is 11.7. The molecule has 5 heteroatoms. The second-order valence-electron chi connectivity index (χ2n) is 5.35. The molecule has 0 saturated carbocycles. The fourth-order valence-corrected chi connectivity index (χ4v) is 3.45. The predicted molar refractivity (Wildman–Crippen MR) is 87.9 cm³/mol. The molecule has 0 fully saturated rings. The quantitative estimate of drug-likeness (QED) is 0.739. The van der Waals surface area contributed by atoms with E-state index in [1.54, 1.807) is 18.2 Å². The molecule has 0 N–H and O–H groups in total. The molecule has 0 atom stereocenters. The Kier molecular flexibility index (Phi) is 3.66. The Morgan fingerprint density at radius 1 is 1.05 bits per heavy atom. The topological polar surface area (TPSA) is 50.5 Å². The van der Waals surface area contributed by atoms with E-state index in [4.69, 9.17) is 4.42 Å². The number of fused-ring (bicyclic) bond motifs is 1. The van der Waals surface area contributed by atoms with Crippen LogP contribution in [0, 0.1) is 0 Å². The molecule has 0 aliphatic heterocycles. The summed E-state index contributed by atoms with van der Waals surface area (Å²) in [5, 5.41) is 1.04. The lowest BCUT2D eigenvalue weighted by Crippen LogP contribution is -2.18.